The van der Waals surface area contributed by atoms with Crippen molar-refractivity contribution in [3.63, 3.8) is 0 Å². The summed E-state index contributed by atoms with van der Waals surface area (Å²) in [5.74, 6) is 0. The van der Waals surface area contributed by atoms with Crippen molar-refractivity contribution in [3.05, 3.63) is 29.0 Å². The molecular weight excluding hydrogens is 184 g/mol. The number of nitrogens with two attached hydrogens (primary N) is 1. The molecule has 2 nitrogen and oxygen atoms in total. The van der Waals surface area contributed by atoms with Crippen LogP contribution in [0.2, 0.25) is 5.02 Å². The first-order chi connectivity index (χ1) is 6.15. The Kier molecular flexibility index (Phi) is 2.05. The molecule has 1 atom stereocenters. The average molecular weight is 197 g/mol. The van der Waals surface area contributed by atoms with Gasteiger partial charge < -0.3 is 5.73 Å². The molecule has 1 aromatic rings. The highest BCUT2D eigenvalue weighted by atomic mass is 35.5. The maximum Gasteiger partial charge on any atom is 0.0589 e. The molecule has 2 N–H and O–H groups in total. The molecule has 2 rings (SSSR count). The zero-order chi connectivity index (χ0) is 9.47. The van der Waals surface area contributed by atoms with Crippen molar-refractivity contribution in [2.24, 2.45) is 5.73 Å². The van der Waals surface area contributed by atoms with Crippen LogP contribution in [-0.4, -0.2) is 11.0 Å². The van der Waals surface area contributed by atoms with Crippen LogP contribution in [0.5, 0.6) is 0 Å². The van der Waals surface area contributed by atoms with Crippen molar-refractivity contribution in [3.8, 4) is 0 Å². The molecule has 0 spiro atoms. The summed E-state index contributed by atoms with van der Waals surface area (Å²) in [5.41, 5.74) is 7.16. The number of halogens is 1. The summed E-state index contributed by atoms with van der Waals surface area (Å²) in [5, 5.41) is 0.684. The molecule has 0 bridgehead atoms. The van der Waals surface area contributed by atoms with Gasteiger partial charge in [0.1, 0.15) is 0 Å². The van der Waals surface area contributed by atoms with Gasteiger partial charge in [0, 0.05) is 23.3 Å². The second kappa shape index (κ2) is 2.96. The fourth-order valence-corrected chi connectivity index (χ4v) is 1.86. The Labute approximate surface area is 83.1 Å². The van der Waals surface area contributed by atoms with Crippen molar-refractivity contribution in [2.45, 2.75) is 31.2 Å². The molecule has 13 heavy (non-hydrogen) atoms. The van der Waals surface area contributed by atoms with Crippen molar-refractivity contribution < 1.29 is 0 Å². The molecule has 1 aliphatic carbocycles. The largest absolute Gasteiger partial charge is 0.327 e. The first kappa shape index (κ1) is 8.97. The number of hydrogen-bond donors (Lipinski definition) is 1. The predicted molar refractivity (Wildman–Crippen MR) is 53.8 cm³/mol. The minimum absolute atomic E-state index is 0.143. The SMILES string of the molecule is CC(N)C1(c2ccc(Cl)cn2)CC1. The van der Waals surface area contributed by atoms with E-state index in [1.165, 1.54) is 0 Å². The number of pyridine rings is 1. The summed E-state index contributed by atoms with van der Waals surface area (Å²) in [4.78, 5) is 4.32. The van der Waals surface area contributed by atoms with Crippen LogP contribution in [0.25, 0.3) is 0 Å². The highest BCUT2D eigenvalue weighted by Gasteiger charge is 2.48. The fraction of sp³-hybridized carbons (Fsp3) is 0.500. The lowest BCUT2D eigenvalue weighted by Gasteiger charge is -2.18. The molecule has 1 heterocycles. The first-order valence-corrected chi connectivity index (χ1v) is 4.90. The van der Waals surface area contributed by atoms with Crippen LogP contribution in [0.1, 0.15) is 25.5 Å². The lowest BCUT2D eigenvalue weighted by atomic mass is 9.94. The zero-order valence-corrected chi connectivity index (χ0v) is 8.38. The molecule has 1 aliphatic rings. The topological polar surface area (TPSA) is 38.9 Å². The summed E-state index contributed by atoms with van der Waals surface area (Å²) in [6.45, 7) is 2.04. The Morgan fingerprint density at radius 3 is 2.62 bits per heavy atom. The zero-order valence-electron chi connectivity index (χ0n) is 7.63. The van der Waals surface area contributed by atoms with Gasteiger partial charge in [-0.25, -0.2) is 0 Å². The van der Waals surface area contributed by atoms with Gasteiger partial charge in [-0.2, -0.15) is 0 Å². The van der Waals surface area contributed by atoms with Gasteiger partial charge in [0.2, 0.25) is 0 Å². The Hall–Kier alpha value is -0.600. The minimum Gasteiger partial charge on any atom is -0.327 e. The molecule has 1 unspecified atom stereocenters. The average Bonchev–Trinajstić information content (AvgIpc) is 2.86. The Balaban J connectivity index is 2.31. The summed E-state index contributed by atoms with van der Waals surface area (Å²) in [7, 11) is 0. The van der Waals surface area contributed by atoms with E-state index in [1.54, 1.807) is 6.20 Å². The van der Waals surface area contributed by atoms with Crippen molar-refractivity contribution in [2.75, 3.05) is 0 Å². The van der Waals surface area contributed by atoms with E-state index in [4.69, 9.17) is 17.3 Å². The Bertz CT molecular complexity index is 301. The number of nitrogens with zero attached hydrogens (tertiary/aromatic N) is 1. The van der Waals surface area contributed by atoms with Gasteiger partial charge in [-0.3, -0.25) is 4.98 Å². The van der Waals surface area contributed by atoms with Crippen molar-refractivity contribution in [1.82, 2.24) is 4.98 Å². The van der Waals surface area contributed by atoms with Crippen LogP contribution in [0.15, 0.2) is 18.3 Å². The molecule has 1 aromatic heterocycles. The minimum atomic E-state index is 0.143. The standard InChI is InChI=1S/C10H13ClN2/c1-7(12)10(4-5-10)9-3-2-8(11)6-13-9/h2-3,6-7H,4-5,12H2,1H3. The second-order valence-electron chi connectivity index (χ2n) is 3.81. The molecular formula is C10H13ClN2. The van der Waals surface area contributed by atoms with Gasteiger partial charge in [-0.1, -0.05) is 11.6 Å². The molecule has 0 saturated heterocycles. The number of hydrogen-bond acceptors (Lipinski definition) is 2. The van der Waals surface area contributed by atoms with Crippen molar-refractivity contribution in [1.29, 1.82) is 0 Å². The molecule has 3 heteroatoms. The van der Waals surface area contributed by atoms with Gasteiger partial charge in [0.25, 0.3) is 0 Å². The quantitative estimate of drug-likeness (QED) is 0.787. The summed E-state index contributed by atoms with van der Waals surface area (Å²) >= 11 is 5.77. The third-order valence-corrected chi connectivity index (χ3v) is 3.12. The van der Waals surface area contributed by atoms with Crippen LogP contribution >= 0.6 is 11.6 Å². The first-order valence-electron chi connectivity index (χ1n) is 4.53. The fourth-order valence-electron chi connectivity index (χ4n) is 1.75. The third-order valence-electron chi connectivity index (χ3n) is 2.90. The molecule has 0 amide bonds. The molecule has 0 aromatic carbocycles. The van der Waals surface area contributed by atoms with E-state index in [1.807, 2.05) is 19.1 Å². The van der Waals surface area contributed by atoms with E-state index in [-0.39, 0.29) is 11.5 Å². The Morgan fingerprint density at radius 2 is 2.23 bits per heavy atom. The normalized spacial score (nSPS) is 21.2. The number of aromatic nitrogens is 1. The van der Waals surface area contributed by atoms with E-state index in [2.05, 4.69) is 4.98 Å². The van der Waals surface area contributed by atoms with Crippen LogP contribution < -0.4 is 5.73 Å². The van der Waals surface area contributed by atoms with E-state index in [0.717, 1.165) is 18.5 Å². The maximum absolute atomic E-state index is 5.93. The number of rotatable bonds is 2. The van der Waals surface area contributed by atoms with E-state index < -0.39 is 0 Å². The van der Waals surface area contributed by atoms with Crippen molar-refractivity contribution >= 4 is 11.6 Å². The van der Waals surface area contributed by atoms with Gasteiger partial charge in [-0.05, 0) is 31.9 Å². The van der Waals surface area contributed by atoms with Crippen LogP contribution in [0.3, 0.4) is 0 Å². The molecule has 0 radical (unpaired) electrons. The smallest absolute Gasteiger partial charge is 0.0589 e. The third kappa shape index (κ3) is 1.45. The highest BCUT2D eigenvalue weighted by Crippen LogP contribution is 2.49. The van der Waals surface area contributed by atoms with E-state index in [0.29, 0.717) is 5.02 Å². The predicted octanol–water partition coefficient (Wildman–Crippen LogP) is 2.11. The van der Waals surface area contributed by atoms with Gasteiger partial charge >= 0.3 is 0 Å². The monoisotopic (exact) mass is 196 g/mol. The van der Waals surface area contributed by atoms with E-state index >= 15 is 0 Å². The molecule has 0 aliphatic heterocycles. The van der Waals surface area contributed by atoms with Gasteiger partial charge in [-0.15, -0.1) is 0 Å². The molecule has 70 valence electrons. The Morgan fingerprint density at radius 1 is 1.54 bits per heavy atom. The van der Waals surface area contributed by atoms with E-state index in [9.17, 15) is 0 Å². The second-order valence-corrected chi connectivity index (χ2v) is 4.24. The molecule has 1 fully saturated rings. The molecule has 1 saturated carbocycles. The lowest BCUT2D eigenvalue weighted by molar-refractivity contribution is 0.542. The van der Waals surface area contributed by atoms with Crippen LogP contribution in [0.4, 0.5) is 0 Å². The van der Waals surface area contributed by atoms with Crippen LogP contribution in [0, 0.1) is 0 Å². The summed E-state index contributed by atoms with van der Waals surface area (Å²) < 4.78 is 0. The highest BCUT2D eigenvalue weighted by molar-refractivity contribution is 6.30. The van der Waals surface area contributed by atoms with Gasteiger partial charge in [0.05, 0.1) is 5.02 Å². The lowest BCUT2D eigenvalue weighted by Crippen LogP contribution is -2.32. The maximum atomic E-state index is 5.93. The summed E-state index contributed by atoms with van der Waals surface area (Å²) in [6, 6.07) is 4.05. The van der Waals surface area contributed by atoms with Crippen LogP contribution in [-0.2, 0) is 5.41 Å². The summed E-state index contributed by atoms with van der Waals surface area (Å²) in [6.07, 6.45) is 4.00. The van der Waals surface area contributed by atoms with Gasteiger partial charge in [0.15, 0.2) is 0 Å².